The molecule has 0 saturated heterocycles. The van der Waals surface area contributed by atoms with Crippen LogP contribution in [0.15, 0.2) is 48.8 Å². The van der Waals surface area contributed by atoms with E-state index < -0.39 is 6.10 Å². The highest BCUT2D eigenvalue weighted by atomic mass is 16.5. The van der Waals surface area contributed by atoms with E-state index in [0.717, 1.165) is 16.9 Å². The first kappa shape index (κ1) is 18.4. The summed E-state index contributed by atoms with van der Waals surface area (Å²) in [6.45, 7) is 8.78. The van der Waals surface area contributed by atoms with Crippen LogP contribution in [0.4, 0.5) is 0 Å². The summed E-state index contributed by atoms with van der Waals surface area (Å²) in [5.74, 6) is 1.19. The Balaban J connectivity index is 2.02. The van der Waals surface area contributed by atoms with Crippen molar-refractivity contribution in [2.75, 3.05) is 6.54 Å². The van der Waals surface area contributed by atoms with Crippen LogP contribution in [-0.4, -0.2) is 22.7 Å². The molecule has 2 N–H and O–H groups in total. The zero-order valence-electron chi connectivity index (χ0n) is 14.9. The lowest BCUT2D eigenvalue weighted by molar-refractivity contribution is 0.164. The second-order valence-corrected chi connectivity index (χ2v) is 6.67. The summed E-state index contributed by atoms with van der Waals surface area (Å²) < 4.78 is 5.70. The molecule has 0 aliphatic rings. The van der Waals surface area contributed by atoms with Gasteiger partial charge in [-0.2, -0.15) is 0 Å². The molecule has 4 heteroatoms. The van der Waals surface area contributed by atoms with Gasteiger partial charge in [0.1, 0.15) is 5.75 Å². The molecule has 1 aromatic carbocycles. The predicted molar refractivity (Wildman–Crippen MR) is 97.0 cm³/mol. The lowest BCUT2D eigenvalue weighted by Gasteiger charge is -2.24. The Morgan fingerprint density at radius 1 is 1.08 bits per heavy atom. The molecule has 0 spiro atoms. The summed E-state index contributed by atoms with van der Waals surface area (Å²) in [5, 5.41) is 14.0. The maximum atomic E-state index is 10.5. The van der Waals surface area contributed by atoms with Crippen LogP contribution in [-0.2, 0) is 0 Å². The van der Waals surface area contributed by atoms with Crippen LogP contribution in [0.5, 0.6) is 5.75 Å². The smallest absolute Gasteiger partial charge is 0.120 e. The van der Waals surface area contributed by atoms with Crippen LogP contribution >= 0.6 is 0 Å². The molecule has 0 saturated carbocycles. The van der Waals surface area contributed by atoms with Crippen LogP contribution in [0.25, 0.3) is 0 Å². The first-order chi connectivity index (χ1) is 11.5. The van der Waals surface area contributed by atoms with E-state index in [1.807, 2.05) is 50.4 Å². The number of pyridine rings is 1. The van der Waals surface area contributed by atoms with Gasteiger partial charge in [0.15, 0.2) is 0 Å². The molecule has 0 fully saturated rings. The molecule has 2 aromatic rings. The van der Waals surface area contributed by atoms with Crippen LogP contribution < -0.4 is 10.1 Å². The SMILES string of the molecule is CC(C)Oc1cccc(C(O)CNC(c2cccnc2)C(C)C)c1. The predicted octanol–water partition coefficient (Wildman–Crippen LogP) is 3.89. The molecule has 0 radical (unpaired) electrons. The molecule has 24 heavy (non-hydrogen) atoms. The van der Waals surface area contributed by atoms with E-state index in [9.17, 15) is 5.11 Å². The summed E-state index contributed by atoms with van der Waals surface area (Å²) >= 11 is 0. The minimum atomic E-state index is -0.585. The Labute approximate surface area is 144 Å². The minimum absolute atomic E-state index is 0.117. The van der Waals surface area contributed by atoms with Crippen molar-refractivity contribution in [2.45, 2.75) is 45.9 Å². The lowest BCUT2D eigenvalue weighted by atomic mass is 9.97. The van der Waals surface area contributed by atoms with Gasteiger partial charge in [0, 0.05) is 25.0 Å². The first-order valence-electron chi connectivity index (χ1n) is 8.55. The number of benzene rings is 1. The monoisotopic (exact) mass is 328 g/mol. The van der Waals surface area contributed by atoms with E-state index in [0.29, 0.717) is 12.5 Å². The summed E-state index contributed by atoms with van der Waals surface area (Å²) in [5.41, 5.74) is 1.99. The van der Waals surface area contributed by atoms with Gasteiger partial charge in [0.05, 0.1) is 12.2 Å². The second kappa shape index (κ2) is 8.81. The molecule has 130 valence electrons. The third-order valence-corrected chi connectivity index (χ3v) is 3.86. The quantitative estimate of drug-likeness (QED) is 0.772. The number of aliphatic hydroxyl groups excluding tert-OH is 1. The highest BCUT2D eigenvalue weighted by Crippen LogP contribution is 2.23. The van der Waals surface area contributed by atoms with Crippen LogP contribution in [0.3, 0.4) is 0 Å². The molecular formula is C20H28N2O2. The van der Waals surface area contributed by atoms with Gasteiger partial charge in [-0.05, 0) is 49.1 Å². The minimum Gasteiger partial charge on any atom is -0.491 e. The average Bonchev–Trinajstić information content (AvgIpc) is 2.55. The molecule has 1 aromatic heterocycles. The third kappa shape index (κ3) is 5.32. The number of hydrogen-bond acceptors (Lipinski definition) is 4. The van der Waals surface area contributed by atoms with Gasteiger partial charge in [-0.3, -0.25) is 4.98 Å². The summed E-state index contributed by atoms with van der Waals surface area (Å²) in [6, 6.07) is 11.8. The van der Waals surface area contributed by atoms with E-state index in [1.54, 1.807) is 6.20 Å². The Hall–Kier alpha value is -1.91. The zero-order valence-corrected chi connectivity index (χ0v) is 14.9. The van der Waals surface area contributed by atoms with Gasteiger partial charge in [-0.25, -0.2) is 0 Å². The van der Waals surface area contributed by atoms with Crippen LogP contribution in [0.1, 0.15) is 51.0 Å². The number of nitrogens with zero attached hydrogens (tertiary/aromatic N) is 1. The normalized spacial score (nSPS) is 14.0. The molecule has 0 amide bonds. The van der Waals surface area contributed by atoms with Gasteiger partial charge in [0.2, 0.25) is 0 Å². The fourth-order valence-corrected chi connectivity index (χ4v) is 2.72. The van der Waals surface area contributed by atoms with Crippen molar-refractivity contribution >= 4 is 0 Å². The molecule has 0 aliphatic carbocycles. The topological polar surface area (TPSA) is 54.4 Å². The van der Waals surface area contributed by atoms with E-state index in [1.165, 1.54) is 0 Å². The number of aromatic nitrogens is 1. The fraction of sp³-hybridized carbons (Fsp3) is 0.450. The van der Waals surface area contributed by atoms with E-state index in [4.69, 9.17) is 4.74 Å². The van der Waals surface area contributed by atoms with Crippen molar-refractivity contribution in [3.63, 3.8) is 0 Å². The van der Waals surface area contributed by atoms with Crippen molar-refractivity contribution in [1.29, 1.82) is 0 Å². The number of hydrogen-bond donors (Lipinski definition) is 2. The molecule has 2 unspecified atom stereocenters. The van der Waals surface area contributed by atoms with E-state index in [2.05, 4.69) is 30.2 Å². The Bertz CT molecular complexity index is 614. The number of aliphatic hydroxyl groups is 1. The zero-order chi connectivity index (χ0) is 17.5. The summed E-state index contributed by atoms with van der Waals surface area (Å²) in [7, 11) is 0. The van der Waals surface area contributed by atoms with Gasteiger partial charge in [0.25, 0.3) is 0 Å². The van der Waals surface area contributed by atoms with Crippen LogP contribution in [0, 0.1) is 5.92 Å². The van der Waals surface area contributed by atoms with Crippen molar-refractivity contribution in [1.82, 2.24) is 10.3 Å². The number of nitrogens with one attached hydrogen (secondary N) is 1. The molecule has 2 rings (SSSR count). The standard InChI is InChI=1S/C20H28N2O2/c1-14(2)20(17-8-6-10-21-12-17)22-13-19(23)16-7-5-9-18(11-16)24-15(3)4/h5-12,14-15,19-20,22-23H,13H2,1-4H3. The lowest BCUT2D eigenvalue weighted by Crippen LogP contribution is -2.30. The van der Waals surface area contributed by atoms with Crippen molar-refractivity contribution in [2.24, 2.45) is 5.92 Å². The third-order valence-electron chi connectivity index (χ3n) is 3.86. The van der Waals surface area contributed by atoms with E-state index in [-0.39, 0.29) is 12.1 Å². The Kier molecular flexibility index (Phi) is 6.76. The van der Waals surface area contributed by atoms with Crippen molar-refractivity contribution in [3.8, 4) is 5.75 Å². The van der Waals surface area contributed by atoms with Crippen LogP contribution in [0.2, 0.25) is 0 Å². The molecule has 0 aliphatic heterocycles. The first-order valence-corrected chi connectivity index (χ1v) is 8.55. The molecule has 2 atom stereocenters. The summed E-state index contributed by atoms with van der Waals surface area (Å²) in [6.07, 6.45) is 3.18. The second-order valence-electron chi connectivity index (χ2n) is 6.67. The fourth-order valence-electron chi connectivity index (χ4n) is 2.72. The van der Waals surface area contributed by atoms with Crippen molar-refractivity contribution in [3.05, 3.63) is 59.9 Å². The Morgan fingerprint density at radius 3 is 2.46 bits per heavy atom. The van der Waals surface area contributed by atoms with Gasteiger partial charge in [-0.1, -0.05) is 32.0 Å². The van der Waals surface area contributed by atoms with Gasteiger partial charge in [-0.15, -0.1) is 0 Å². The van der Waals surface area contributed by atoms with E-state index >= 15 is 0 Å². The highest BCUT2D eigenvalue weighted by Gasteiger charge is 2.18. The number of rotatable bonds is 8. The highest BCUT2D eigenvalue weighted by molar-refractivity contribution is 5.30. The maximum absolute atomic E-state index is 10.5. The average molecular weight is 328 g/mol. The summed E-state index contributed by atoms with van der Waals surface area (Å²) in [4.78, 5) is 4.19. The number of ether oxygens (including phenoxy) is 1. The Morgan fingerprint density at radius 2 is 1.83 bits per heavy atom. The van der Waals surface area contributed by atoms with Gasteiger partial charge < -0.3 is 15.2 Å². The van der Waals surface area contributed by atoms with Crippen molar-refractivity contribution < 1.29 is 9.84 Å². The molecule has 1 heterocycles. The van der Waals surface area contributed by atoms with Gasteiger partial charge >= 0.3 is 0 Å². The molecule has 0 bridgehead atoms. The largest absolute Gasteiger partial charge is 0.491 e. The molecule has 4 nitrogen and oxygen atoms in total. The molecular weight excluding hydrogens is 300 g/mol. The maximum Gasteiger partial charge on any atom is 0.120 e.